The maximum absolute atomic E-state index is 12.6. The van der Waals surface area contributed by atoms with Crippen LogP contribution in [0.25, 0.3) is 0 Å². The average Bonchev–Trinajstić information content (AvgIpc) is 3.21. The largest absolute Gasteiger partial charge is 0.448 e. The van der Waals surface area contributed by atoms with Crippen molar-refractivity contribution in [2.24, 2.45) is 28.6 Å². The molecule has 0 bridgehead atoms. The molecule has 1 aliphatic heterocycles. The topological polar surface area (TPSA) is 104 Å². The molecule has 216 valence electrons. The maximum atomic E-state index is 12.6. The van der Waals surface area contributed by atoms with E-state index in [1.165, 1.54) is 6.07 Å². The Labute approximate surface area is 232 Å². The van der Waals surface area contributed by atoms with Gasteiger partial charge in [-0.25, -0.2) is 9.59 Å². The number of nitrogens with zero attached hydrogens (tertiary/aromatic N) is 1. The summed E-state index contributed by atoms with van der Waals surface area (Å²) in [6, 6.07) is 3.59. The first-order chi connectivity index (χ1) is 18.7. The molecule has 6 rings (SSSR count). The predicted octanol–water partition coefficient (Wildman–Crippen LogP) is 3.88. The molecule has 5 aliphatic rings. The molecule has 1 saturated heterocycles. The van der Waals surface area contributed by atoms with Crippen molar-refractivity contribution in [1.29, 1.82) is 0 Å². The van der Waals surface area contributed by atoms with Crippen LogP contribution >= 0.6 is 0 Å². The van der Waals surface area contributed by atoms with E-state index < -0.39 is 5.60 Å². The molecule has 1 aromatic heterocycles. The number of fused-ring (bicyclic) bond motifs is 5. The van der Waals surface area contributed by atoms with Crippen molar-refractivity contribution in [1.82, 2.24) is 15.5 Å². The standard InChI is InChI=1S/C31H47N3O5/c1-29-10-7-23(33-28(36)38-18-17-34-15-13-32-14-16-34)19-22(29)4-5-26-25(29)8-11-30(2)24(9-12-31(26,30)37)21-3-6-27(35)39-20-21/h3,6,20,22-26,32,37H,4-5,7-19H2,1-2H3,(H,33,36)/t22-,23+,24-,25+,26-,29+,30-,31+/m1/s1. The predicted molar refractivity (Wildman–Crippen MR) is 148 cm³/mol. The first-order valence-corrected chi connectivity index (χ1v) is 15.4. The summed E-state index contributed by atoms with van der Waals surface area (Å²) in [7, 11) is 0. The summed E-state index contributed by atoms with van der Waals surface area (Å²) in [5.41, 5.74) is 0.0408. The van der Waals surface area contributed by atoms with Gasteiger partial charge in [-0.2, -0.15) is 0 Å². The van der Waals surface area contributed by atoms with Gasteiger partial charge < -0.3 is 24.9 Å². The van der Waals surface area contributed by atoms with Crippen LogP contribution in [0.3, 0.4) is 0 Å². The second-order valence-corrected chi connectivity index (χ2v) is 13.7. The molecule has 8 heteroatoms. The minimum atomic E-state index is -0.686. The van der Waals surface area contributed by atoms with E-state index >= 15 is 0 Å². The van der Waals surface area contributed by atoms with Crippen molar-refractivity contribution in [2.45, 2.75) is 89.2 Å². The fraction of sp³-hybridized carbons (Fsp3) is 0.806. The van der Waals surface area contributed by atoms with Gasteiger partial charge >= 0.3 is 11.7 Å². The summed E-state index contributed by atoms with van der Waals surface area (Å²) < 4.78 is 10.8. The Balaban J connectivity index is 1.07. The highest BCUT2D eigenvalue weighted by Gasteiger charge is 2.67. The zero-order valence-corrected chi connectivity index (χ0v) is 23.8. The molecule has 0 aromatic carbocycles. The van der Waals surface area contributed by atoms with E-state index in [-0.39, 0.29) is 34.5 Å². The molecular weight excluding hydrogens is 494 g/mol. The number of hydrogen-bond donors (Lipinski definition) is 3. The molecule has 8 atom stereocenters. The van der Waals surface area contributed by atoms with Crippen molar-refractivity contribution < 1.29 is 19.1 Å². The molecule has 39 heavy (non-hydrogen) atoms. The van der Waals surface area contributed by atoms with Gasteiger partial charge in [0.2, 0.25) is 0 Å². The van der Waals surface area contributed by atoms with Crippen LogP contribution in [0.5, 0.6) is 0 Å². The van der Waals surface area contributed by atoms with E-state index in [1.54, 1.807) is 6.26 Å². The van der Waals surface area contributed by atoms with E-state index in [2.05, 4.69) is 29.4 Å². The summed E-state index contributed by atoms with van der Waals surface area (Å²) in [5, 5.41) is 19.0. The fourth-order valence-electron chi connectivity index (χ4n) is 9.87. The maximum Gasteiger partial charge on any atom is 0.407 e. The Hall–Kier alpha value is -1.90. The molecule has 4 saturated carbocycles. The highest BCUT2D eigenvalue weighted by molar-refractivity contribution is 5.67. The van der Waals surface area contributed by atoms with Gasteiger partial charge in [-0.3, -0.25) is 4.90 Å². The first kappa shape index (κ1) is 27.3. The van der Waals surface area contributed by atoms with Crippen molar-refractivity contribution in [3.8, 4) is 0 Å². The minimum absolute atomic E-state index is 0.173. The molecule has 1 aromatic rings. The lowest BCUT2D eigenvalue weighted by molar-refractivity contribution is -0.202. The van der Waals surface area contributed by atoms with Crippen LogP contribution in [0.1, 0.15) is 83.1 Å². The van der Waals surface area contributed by atoms with Crippen LogP contribution in [0.15, 0.2) is 27.6 Å². The fourth-order valence-corrected chi connectivity index (χ4v) is 9.87. The number of ether oxygens (including phenoxy) is 1. The van der Waals surface area contributed by atoms with Gasteiger partial charge in [-0.15, -0.1) is 0 Å². The first-order valence-electron chi connectivity index (χ1n) is 15.4. The van der Waals surface area contributed by atoms with E-state index in [9.17, 15) is 14.7 Å². The normalized spacial score (nSPS) is 42.2. The SMILES string of the molecule is C[C@]12CC[C@H](NC(=O)OCCN3CCNCC3)C[C@H]1CC[C@@H]1[C@@H]2CC[C@]2(C)[C@@H](c3ccc(=O)oc3)CC[C@]12O. The van der Waals surface area contributed by atoms with E-state index in [0.717, 1.165) is 96.1 Å². The number of carbonyl (C=O) groups excluding carboxylic acids is 1. The van der Waals surface area contributed by atoms with Crippen molar-refractivity contribution >= 4 is 6.09 Å². The zero-order valence-electron chi connectivity index (χ0n) is 23.8. The van der Waals surface area contributed by atoms with Crippen LogP contribution in [-0.2, 0) is 4.74 Å². The Morgan fingerprint density at radius 2 is 1.92 bits per heavy atom. The Morgan fingerprint density at radius 1 is 1.10 bits per heavy atom. The number of carbonyl (C=O) groups is 1. The van der Waals surface area contributed by atoms with Crippen molar-refractivity contribution in [3.05, 3.63) is 34.4 Å². The second kappa shape index (κ2) is 10.5. The number of alkyl carbamates (subject to hydrolysis) is 1. The van der Waals surface area contributed by atoms with Gasteiger partial charge in [0, 0.05) is 50.2 Å². The number of rotatable bonds is 5. The second-order valence-electron chi connectivity index (χ2n) is 13.7. The van der Waals surface area contributed by atoms with E-state index in [0.29, 0.717) is 24.4 Å². The van der Waals surface area contributed by atoms with Crippen LogP contribution in [0.4, 0.5) is 4.79 Å². The number of hydrogen-bond acceptors (Lipinski definition) is 7. The van der Waals surface area contributed by atoms with Gasteiger partial charge in [0.05, 0.1) is 11.9 Å². The number of piperazine rings is 1. The van der Waals surface area contributed by atoms with Gasteiger partial charge in [0.15, 0.2) is 0 Å². The van der Waals surface area contributed by atoms with Crippen LogP contribution in [0.2, 0.25) is 0 Å². The molecule has 2 heterocycles. The third-order valence-electron chi connectivity index (χ3n) is 12.1. The lowest BCUT2D eigenvalue weighted by Crippen LogP contribution is -2.62. The smallest absolute Gasteiger partial charge is 0.407 e. The summed E-state index contributed by atoms with van der Waals surface area (Å²) in [6.45, 7) is 10.0. The van der Waals surface area contributed by atoms with Crippen LogP contribution in [-0.4, -0.2) is 67.1 Å². The molecular formula is C31H47N3O5. The highest BCUT2D eigenvalue weighted by Crippen LogP contribution is 2.70. The van der Waals surface area contributed by atoms with Crippen LogP contribution < -0.4 is 16.3 Å². The Bertz CT molecular complexity index is 1080. The van der Waals surface area contributed by atoms with Crippen molar-refractivity contribution in [2.75, 3.05) is 39.3 Å². The molecule has 0 radical (unpaired) electrons. The molecule has 3 N–H and O–H groups in total. The number of aliphatic hydroxyl groups is 1. The van der Waals surface area contributed by atoms with E-state index in [4.69, 9.17) is 9.15 Å². The molecule has 4 aliphatic carbocycles. The van der Waals surface area contributed by atoms with Gasteiger partial charge in [-0.1, -0.05) is 13.8 Å². The summed E-state index contributed by atoms with van der Waals surface area (Å²) in [6.07, 6.45) is 10.5. The van der Waals surface area contributed by atoms with Gasteiger partial charge in [-0.05, 0) is 98.5 Å². The molecule has 5 fully saturated rings. The summed E-state index contributed by atoms with van der Waals surface area (Å²) in [4.78, 5) is 26.5. The third kappa shape index (κ3) is 4.74. The Morgan fingerprint density at radius 3 is 2.69 bits per heavy atom. The van der Waals surface area contributed by atoms with Crippen molar-refractivity contribution in [3.63, 3.8) is 0 Å². The Kier molecular flexibility index (Phi) is 7.34. The monoisotopic (exact) mass is 541 g/mol. The lowest BCUT2D eigenvalue weighted by atomic mass is 9.43. The van der Waals surface area contributed by atoms with E-state index in [1.807, 2.05) is 6.07 Å². The lowest BCUT2D eigenvalue weighted by Gasteiger charge is -2.63. The summed E-state index contributed by atoms with van der Waals surface area (Å²) >= 11 is 0. The van der Waals surface area contributed by atoms with Gasteiger partial charge in [0.25, 0.3) is 0 Å². The third-order valence-corrected chi connectivity index (χ3v) is 12.1. The minimum Gasteiger partial charge on any atom is -0.448 e. The quantitative estimate of drug-likeness (QED) is 0.520. The average molecular weight is 542 g/mol. The van der Waals surface area contributed by atoms with Crippen LogP contribution in [0, 0.1) is 28.6 Å². The number of amides is 1. The molecule has 0 spiro atoms. The molecule has 0 unspecified atom stereocenters. The zero-order chi connectivity index (χ0) is 27.3. The summed E-state index contributed by atoms with van der Waals surface area (Å²) in [5.74, 6) is 1.59. The molecule has 1 amide bonds. The molecule has 8 nitrogen and oxygen atoms in total. The highest BCUT2D eigenvalue weighted by atomic mass is 16.5. The van der Waals surface area contributed by atoms with Gasteiger partial charge in [0.1, 0.15) is 6.61 Å². The number of nitrogens with one attached hydrogen (secondary N) is 2.